The van der Waals surface area contributed by atoms with Crippen LogP contribution in [0.15, 0.2) is 36.5 Å². The summed E-state index contributed by atoms with van der Waals surface area (Å²) >= 11 is 0. The average molecular weight is 590 g/mol. The lowest BCUT2D eigenvalue weighted by Gasteiger charge is -2.38. The number of anilines is 1. The summed E-state index contributed by atoms with van der Waals surface area (Å²) in [6, 6.07) is 9.01. The lowest BCUT2D eigenvalue weighted by molar-refractivity contribution is -0.120. The topological polar surface area (TPSA) is 88.8 Å². The van der Waals surface area contributed by atoms with E-state index in [1.807, 2.05) is 43.5 Å². The highest BCUT2D eigenvalue weighted by molar-refractivity contribution is 6.90. The molecule has 8 nitrogen and oxygen atoms in total. The predicted molar refractivity (Wildman–Crippen MR) is 173 cm³/mol. The van der Waals surface area contributed by atoms with Gasteiger partial charge in [0.2, 0.25) is 5.91 Å². The molecular weight excluding hydrogens is 542 g/mol. The summed E-state index contributed by atoms with van der Waals surface area (Å²) in [4.78, 5) is 36.8. The van der Waals surface area contributed by atoms with Crippen molar-refractivity contribution in [3.63, 3.8) is 0 Å². The van der Waals surface area contributed by atoms with Gasteiger partial charge in [0.1, 0.15) is 36.9 Å². The molecule has 3 aromatic rings. The number of carbonyl (C=O) groups is 2. The lowest BCUT2D eigenvalue weighted by atomic mass is 10.1. The molecule has 2 amide bonds. The minimum Gasteiger partial charge on any atom is -0.444 e. The number of aromatic nitrogens is 3. The van der Waals surface area contributed by atoms with Crippen LogP contribution in [-0.4, -0.2) is 53.1 Å². The van der Waals surface area contributed by atoms with Gasteiger partial charge in [-0.05, 0) is 75.5 Å². The monoisotopic (exact) mass is 589 g/mol. The van der Waals surface area contributed by atoms with Crippen LogP contribution in [0.1, 0.15) is 80.6 Å². The number of amides is 2. The van der Waals surface area contributed by atoms with Gasteiger partial charge in [-0.1, -0.05) is 53.5 Å². The van der Waals surface area contributed by atoms with Crippen molar-refractivity contribution in [3.8, 4) is 22.7 Å². The smallest absolute Gasteiger partial charge is 0.408 e. The summed E-state index contributed by atoms with van der Waals surface area (Å²) in [5.74, 6) is 3.57. The van der Waals surface area contributed by atoms with Crippen molar-refractivity contribution in [2.45, 2.75) is 104 Å². The number of hydrogen-bond donors (Lipinski definition) is 1. The molecule has 0 aliphatic heterocycles. The van der Waals surface area contributed by atoms with Crippen LogP contribution in [-0.2, 0) is 9.53 Å². The Morgan fingerprint density at radius 1 is 1.02 bits per heavy atom. The number of likely N-dealkylation sites (N-methyl/N-ethyl adjacent to an activating group) is 1. The van der Waals surface area contributed by atoms with Gasteiger partial charge >= 0.3 is 6.09 Å². The third kappa shape index (κ3) is 7.04. The zero-order valence-corrected chi connectivity index (χ0v) is 28.3. The Kier molecular flexibility index (Phi) is 9.94. The number of alkyl carbamates (subject to hydrolysis) is 1. The molecule has 0 aromatic carbocycles. The average Bonchev–Trinajstić information content (AvgIpc) is 3.32. The van der Waals surface area contributed by atoms with Crippen molar-refractivity contribution in [2.75, 3.05) is 11.9 Å². The van der Waals surface area contributed by atoms with Gasteiger partial charge in [0.15, 0.2) is 0 Å². The maximum absolute atomic E-state index is 13.5. The summed E-state index contributed by atoms with van der Waals surface area (Å²) < 4.78 is 7.43. The zero-order chi connectivity index (χ0) is 31.6. The molecule has 3 rings (SSSR count). The Balaban J connectivity index is 2.14. The molecule has 0 aliphatic carbocycles. The van der Waals surface area contributed by atoms with E-state index in [0.29, 0.717) is 28.1 Å². The van der Waals surface area contributed by atoms with Crippen molar-refractivity contribution < 1.29 is 14.3 Å². The Morgan fingerprint density at radius 3 is 2.21 bits per heavy atom. The number of pyridine rings is 2. The molecule has 0 bridgehead atoms. The molecule has 1 N–H and O–H groups in total. The van der Waals surface area contributed by atoms with Crippen LogP contribution < -0.4 is 10.2 Å². The number of nitrogens with zero attached hydrogens (tertiary/aromatic N) is 4. The van der Waals surface area contributed by atoms with Gasteiger partial charge in [0.05, 0.1) is 11.9 Å². The van der Waals surface area contributed by atoms with Gasteiger partial charge in [0, 0.05) is 18.3 Å². The summed E-state index contributed by atoms with van der Waals surface area (Å²) in [5.41, 5.74) is 8.71. The third-order valence-electron chi connectivity index (χ3n) is 7.88. The van der Waals surface area contributed by atoms with E-state index >= 15 is 0 Å². The standard InChI is InChI=1S/C33H47N5O3Si/c1-21(2)42(22(3)4,23(5)6)17-16-27-18-26(28-20-34-29-15-13-14-24(7)38(28)29)19-30(36-27)37(12)31(39)25(8)35-32(40)41-33(9,10)11/h13-15,18-23,25H,1-12H3,(H,35,40). The minimum absolute atomic E-state index is 0.325. The second-order valence-corrected chi connectivity index (χ2v) is 18.6. The summed E-state index contributed by atoms with van der Waals surface area (Å²) in [7, 11) is -0.369. The van der Waals surface area contributed by atoms with Crippen LogP contribution in [0.2, 0.25) is 16.6 Å². The molecule has 0 saturated heterocycles. The normalized spacial score (nSPS) is 12.8. The first-order chi connectivity index (χ1) is 19.5. The van der Waals surface area contributed by atoms with E-state index in [1.54, 1.807) is 34.7 Å². The van der Waals surface area contributed by atoms with Gasteiger partial charge in [-0.15, -0.1) is 5.54 Å². The van der Waals surface area contributed by atoms with Crippen LogP contribution in [0, 0.1) is 18.4 Å². The highest BCUT2D eigenvalue weighted by Gasteiger charge is 2.41. The fourth-order valence-corrected chi connectivity index (χ4v) is 11.1. The molecule has 1 unspecified atom stereocenters. The Morgan fingerprint density at radius 2 is 1.64 bits per heavy atom. The quantitative estimate of drug-likeness (QED) is 0.234. The van der Waals surface area contributed by atoms with Gasteiger partial charge in [-0.25, -0.2) is 14.8 Å². The van der Waals surface area contributed by atoms with Crippen LogP contribution in [0.5, 0.6) is 0 Å². The SMILES string of the molecule is Cc1cccc2ncc(-c3cc(C#C[Si](C(C)C)(C(C)C)C(C)C)nc(N(C)C(=O)C(C)NC(=O)OC(C)(C)C)c3)n12. The van der Waals surface area contributed by atoms with E-state index < -0.39 is 25.8 Å². The van der Waals surface area contributed by atoms with Crippen molar-refractivity contribution in [1.82, 2.24) is 19.7 Å². The molecule has 0 saturated carbocycles. The third-order valence-corrected chi connectivity index (χ3v) is 14.2. The van der Waals surface area contributed by atoms with E-state index in [2.05, 4.69) is 67.7 Å². The first-order valence-electron chi connectivity index (χ1n) is 14.7. The van der Waals surface area contributed by atoms with Crippen molar-refractivity contribution in [3.05, 3.63) is 47.9 Å². The molecule has 3 heterocycles. The molecule has 9 heteroatoms. The number of fused-ring (bicyclic) bond motifs is 1. The van der Waals surface area contributed by atoms with E-state index in [-0.39, 0.29) is 5.91 Å². The van der Waals surface area contributed by atoms with Crippen LogP contribution in [0.3, 0.4) is 0 Å². The molecule has 0 radical (unpaired) electrons. The second-order valence-electron chi connectivity index (χ2n) is 13.0. The minimum atomic E-state index is -2.03. The van der Waals surface area contributed by atoms with Gasteiger partial charge < -0.3 is 10.1 Å². The van der Waals surface area contributed by atoms with Crippen LogP contribution in [0.25, 0.3) is 16.9 Å². The summed E-state index contributed by atoms with van der Waals surface area (Å²) in [5, 5.41) is 2.64. The number of nitrogens with one attached hydrogen (secondary N) is 1. The first kappa shape index (κ1) is 32.9. The van der Waals surface area contributed by atoms with Crippen LogP contribution in [0.4, 0.5) is 10.6 Å². The number of aryl methyl sites for hydroxylation is 1. The molecule has 0 fully saturated rings. The maximum Gasteiger partial charge on any atom is 0.408 e. The lowest BCUT2D eigenvalue weighted by Crippen LogP contribution is -2.47. The van der Waals surface area contributed by atoms with E-state index in [9.17, 15) is 9.59 Å². The molecule has 0 spiro atoms. The molecule has 226 valence electrons. The van der Waals surface area contributed by atoms with E-state index in [0.717, 1.165) is 22.6 Å². The summed E-state index contributed by atoms with van der Waals surface area (Å²) in [6.07, 6.45) is 1.19. The van der Waals surface area contributed by atoms with Crippen molar-refractivity contribution in [2.24, 2.45) is 0 Å². The molecule has 0 aliphatic rings. The molecule has 1 atom stereocenters. The van der Waals surface area contributed by atoms with Crippen LogP contribution >= 0.6 is 0 Å². The largest absolute Gasteiger partial charge is 0.444 e. The van der Waals surface area contributed by atoms with Gasteiger partial charge in [0.25, 0.3) is 0 Å². The summed E-state index contributed by atoms with van der Waals surface area (Å²) in [6.45, 7) is 22.7. The Labute approximate surface area is 252 Å². The van der Waals surface area contributed by atoms with Crippen molar-refractivity contribution >= 4 is 31.5 Å². The molecule has 3 aromatic heterocycles. The zero-order valence-electron chi connectivity index (χ0n) is 27.3. The Hall–Kier alpha value is -3.64. The van der Waals surface area contributed by atoms with E-state index in [4.69, 9.17) is 9.72 Å². The van der Waals surface area contributed by atoms with Gasteiger partial charge in [-0.3, -0.25) is 14.1 Å². The number of rotatable bonds is 7. The second kappa shape index (κ2) is 12.7. The Bertz CT molecular complexity index is 1490. The molecule has 42 heavy (non-hydrogen) atoms. The highest BCUT2D eigenvalue weighted by atomic mass is 28.3. The van der Waals surface area contributed by atoms with Gasteiger partial charge in [-0.2, -0.15) is 0 Å². The highest BCUT2D eigenvalue weighted by Crippen LogP contribution is 2.41. The number of carbonyl (C=O) groups excluding carboxylic acids is 2. The molecular formula is C33H47N5O3Si. The fraction of sp³-hybridized carbons (Fsp3) is 0.515. The predicted octanol–water partition coefficient (Wildman–Crippen LogP) is 7.15. The number of hydrogen-bond acceptors (Lipinski definition) is 5. The fourth-order valence-electron chi connectivity index (χ4n) is 5.86. The first-order valence-corrected chi connectivity index (χ1v) is 17.0. The van der Waals surface area contributed by atoms with Crippen molar-refractivity contribution in [1.29, 1.82) is 0 Å². The maximum atomic E-state index is 13.5. The number of ether oxygens (including phenoxy) is 1. The van der Waals surface area contributed by atoms with E-state index in [1.165, 1.54) is 4.90 Å². The number of imidazole rings is 1.